The first-order valence-electron chi connectivity index (χ1n) is 5.13. The van der Waals surface area contributed by atoms with Gasteiger partial charge in [0.05, 0.1) is 19.1 Å². The molecule has 1 aromatic carbocycles. The number of benzene rings is 1. The Kier molecular flexibility index (Phi) is 3.38. The molecule has 0 radical (unpaired) electrons. The van der Waals surface area contributed by atoms with Crippen molar-refractivity contribution in [1.82, 2.24) is 9.97 Å². The largest absolute Gasteiger partial charge is 0.491 e. The van der Waals surface area contributed by atoms with E-state index in [1.807, 2.05) is 0 Å². The van der Waals surface area contributed by atoms with Crippen LogP contribution in [0.5, 0.6) is 5.75 Å². The Balaban J connectivity index is 2.74. The quantitative estimate of drug-likeness (QED) is 0.848. The summed E-state index contributed by atoms with van der Waals surface area (Å²) in [6.07, 6.45) is 1.32. The summed E-state index contributed by atoms with van der Waals surface area (Å²) in [4.78, 5) is 6.55. The minimum Gasteiger partial charge on any atom is -0.491 e. The number of hydrogen-bond acceptors (Lipinski definition) is 3. The summed E-state index contributed by atoms with van der Waals surface area (Å²) in [6.45, 7) is 1.49. The zero-order chi connectivity index (χ0) is 13.3. The van der Waals surface area contributed by atoms with Crippen molar-refractivity contribution >= 4 is 12.2 Å². The Morgan fingerprint density at radius 3 is 2.67 bits per heavy atom. The Hall–Kier alpha value is -1.82. The zero-order valence-electron chi connectivity index (χ0n) is 9.75. The first-order valence-corrected chi connectivity index (χ1v) is 5.53. The van der Waals surface area contributed by atoms with Crippen LogP contribution in [0.25, 0.3) is 11.3 Å². The van der Waals surface area contributed by atoms with E-state index in [1.165, 1.54) is 32.5 Å². The van der Waals surface area contributed by atoms with Crippen molar-refractivity contribution in [2.75, 3.05) is 7.11 Å². The topological polar surface area (TPSA) is 37.9 Å². The molecule has 0 aliphatic heterocycles. The number of rotatable bonds is 2. The molecule has 2 rings (SSSR count). The second kappa shape index (κ2) is 4.81. The molecule has 1 aromatic heterocycles. The van der Waals surface area contributed by atoms with Crippen LogP contribution in [0, 0.1) is 23.2 Å². The van der Waals surface area contributed by atoms with E-state index in [0.717, 1.165) is 0 Å². The van der Waals surface area contributed by atoms with Crippen molar-refractivity contribution in [3.63, 3.8) is 0 Å². The maximum atomic E-state index is 13.9. The van der Waals surface area contributed by atoms with Crippen LogP contribution in [0.15, 0.2) is 18.5 Å². The molecule has 18 heavy (non-hydrogen) atoms. The molecule has 0 aliphatic rings. The van der Waals surface area contributed by atoms with Gasteiger partial charge in [-0.15, -0.1) is 0 Å². The van der Waals surface area contributed by atoms with E-state index < -0.39 is 11.6 Å². The van der Waals surface area contributed by atoms with Crippen LogP contribution in [0.1, 0.15) is 5.56 Å². The summed E-state index contributed by atoms with van der Waals surface area (Å²) in [5.74, 6) is -1.61. The van der Waals surface area contributed by atoms with Gasteiger partial charge in [0.25, 0.3) is 0 Å². The maximum absolute atomic E-state index is 13.9. The van der Waals surface area contributed by atoms with E-state index in [1.54, 1.807) is 0 Å². The van der Waals surface area contributed by atoms with Crippen LogP contribution in [0.4, 0.5) is 8.78 Å². The number of nitrogens with zero attached hydrogens (tertiary/aromatic N) is 1. The van der Waals surface area contributed by atoms with Crippen molar-refractivity contribution in [2.24, 2.45) is 0 Å². The number of aromatic amines is 1. The van der Waals surface area contributed by atoms with E-state index >= 15 is 0 Å². The third-order valence-corrected chi connectivity index (χ3v) is 2.85. The number of aromatic nitrogens is 2. The Bertz CT molecular complexity index is 655. The van der Waals surface area contributed by atoms with Crippen molar-refractivity contribution in [3.8, 4) is 17.0 Å². The Labute approximate surface area is 107 Å². The van der Waals surface area contributed by atoms with Crippen molar-refractivity contribution in [1.29, 1.82) is 0 Å². The second-order valence-corrected chi connectivity index (χ2v) is 4.06. The van der Waals surface area contributed by atoms with Gasteiger partial charge in [0.15, 0.2) is 22.0 Å². The summed E-state index contributed by atoms with van der Waals surface area (Å²) in [6, 6.07) is 2.96. The van der Waals surface area contributed by atoms with E-state index in [2.05, 4.69) is 9.97 Å². The number of methoxy groups -OCH3 is 1. The number of nitrogens with one attached hydrogen (secondary N) is 1. The molecule has 0 saturated carbocycles. The van der Waals surface area contributed by atoms with E-state index in [9.17, 15) is 8.78 Å². The molecule has 0 amide bonds. The summed E-state index contributed by atoms with van der Waals surface area (Å²) >= 11 is 4.97. The lowest BCUT2D eigenvalue weighted by molar-refractivity contribution is 0.410. The highest BCUT2D eigenvalue weighted by molar-refractivity contribution is 7.71. The molecule has 94 valence electrons. The van der Waals surface area contributed by atoms with Gasteiger partial charge in [-0.3, -0.25) is 0 Å². The number of hydrogen-bond donors (Lipinski definition) is 1. The van der Waals surface area contributed by atoms with Crippen LogP contribution in [0.3, 0.4) is 0 Å². The highest BCUT2D eigenvalue weighted by atomic mass is 32.1. The van der Waals surface area contributed by atoms with E-state index in [0.29, 0.717) is 0 Å². The van der Waals surface area contributed by atoms with Gasteiger partial charge in [-0.05, 0) is 18.6 Å². The highest BCUT2D eigenvalue weighted by Gasteiger charge is 2.17. The fourth-order valence-corrected chi connectivity index (χ4v) is 1.85. The SMILES string of the molecule is COc1c(-c2ccc(C)c(F)c2F)[nH]cnc1=S. The summed E-state index contributed by atoms with van der Waals surface area (Å²) in [5, 5.41) is 0. The van der Waals surface area contributed by atoms with Crippen molar-refractivity contribution < 1.29 is 13.5 Å². The monoisotopic (exact) mass is 268 g/mol. The number of aryl methyl sites for hydroxylation is 1. The van der Waals surface area contributed by atoms with Gasteiger partial charge in [-0.1, -0.05) is 18.3 Å². The van der Waals surface area contributed by atoms with Crippen LogP contribution in [-0.2, 0) is 0 Å². The molecule has 0 unspecified atom stereocenters. The van der Waals surface area contributed by atoms with Gasteiger partial charge in [-0.2, -0.15) is 0 Å². The third kappa shape index (κ3) is 1.99. The first-order chi connectivity index (χ1) is 8.56. The Morgan fingerprint density at radius 2 is 2.00 bits per heavy atom. The zero-order valence-corrected chi connectivity index (χ0v) is 10.6. The van der Waals surface area contributed by atoms with Crippen LogP contribution < -0.4 is 4.74 Å². The standard InChI is InChI=1S/C12H10F2N2OS/c1-6-3-4-7(9(14)8(6)13)10-11(17-2)12(18)16-5-15-10/h3-5H,1-2H3,(H,15,16,18). The molecule has 0 atom stereocenters. The first kappa shape index (κ1) is 12.6. The third-order valence-electron chi connectivity index (χ3n) is 2.56. The van der Waals surface area contributed by atoms with Gasteiger partial charge in [-0.25, -0.2) is 13.8 Å². The predicted molar refractivity (Wildman–Crippen MR) is 66.1 cm³/mol. The minimum atomic E-state index is -0.940. The molecule has 0 fully saturated rings. The van der Waals surface area contributed by atoms with E-state index in [-0.39, 0.29) is 27.2 Å². The molecule has 0 bridgehead atoms. The van der Waals surface area contributed by atoms with Crippen LogP contribution >= 0.6 is 12.2 Å². The van der Waals surface area contributed by atoms with Gasteiger partial charge in [0.1, 0.15) is 0 Å². The molecule has 1 N–H and O–H groups in total. The molecule has 0 saturated heterocycles. The molecule has 2 aromatic rings. The Morgan fingerprint density at radius 1 is 1.28 bits per heavy atom. The lowest BCUT2D eigenvalue weighted by Gasteiger charge is -2.10. The van der Waals surface area contributed by atoms with Gasteiger partial charge in [0, 0.05) is 5.56 Å². The fraction of sp³-hybridized carbons (Fsp3) is 0.167. The van der Waals surface area contributed by atoms with Crippen LogP contribution in [0.2, 0.25) is 0 Å². The van der Waals surface area contributed by atoms with Crippen LogP contribution in [-0.4, -0.2) is 17.1 Å². The highest BCUT2D eigenvalue weighted by Crippen LogP contribution is 2.31. The van der Waals surface area contributed by atoms with Crippen molar-refractivity contribution in [2.45, 2.75) is 6.92 Å². The van der Waals surface area contributed by atoms with E-state index in [4.69, 9.17) is 17.0 Å². The van der Waals surface area contributed by atoms with Gasteiger partial charge < -0.3 is 9.72 Å². The lowest BCUT2D eigenvalue weighted by atomic mass is 10.1. The molecular formula is C12H10F2N2OS. The molecule has 1 heterocycles. The summed E-state index contributed by atoms with van der Waals surface area (Å²) in [5.41, 5.74) is 0.570. The smallest absolute Gasteiger partial charge is 0.179 e. The van der Waals surface area contributed by atoms with Crippen molar-refractivity contribution in [3.05, 3.63) is 40.3 Å². The minimum absolute atomic E-state index is 0.0588. The summed E-state index contributed by atoms with van der Waals surface area (Å²) < 4.78 is 32.7. The maximum Gasteiger partial charge on any atom is 0.179 e. The summed E-state index contributed by atoms with van der Waals surface area (Å²) in [7, 11) is 1.40. The lowest BCUT2D eigenvalue weighted by Crippen LogP contribution is -1.98. The molecular weight excluding hydrogens is 258 g/mol. The average molecular weight is 268 g/mol. The molecule has 6 heteroatoms. The number of ether oxygens (including phenoxy) is 1. The van der Waals surface area contributed by atoms with Gasteiger partial charge in [0.2, 0.25) is 0 Å². The normalized spacial score (nSPS) is 10.4. The predicted octanol–water partition coefficient (Wildman–Crippen LogP) is 3.40. The molecule has 0 aliphatic carbocycles. The number of H-pyrrole nitrogens is 1. The van der Waals surface area contributed by atoms with Gasteiger partial charge >= 0.3 is 0 Å². The second-order valence-electron chi connectivity index (χ2n) is 3.67. The molecule has 3 nitrogen and oxygen atoms in total. The average Bonchev–Trinajstić information content (AvgIpc) is 2.36. The fourth-order valence-electron chi connectivity index (χ4n) is 1.62. The number of halogens is 2. The molecule has 0 spiro atoms.